The molecule has 24 heavy (non-hydrogen) atoms. The molecular formula is C18H26BNO4. The summed E-state index contributed by atoms with van der Waals surface area (Å²) in [6.07, 6.45) is 2.29. The van der Waals surface area contributed by atoms with Gasteiger partial charge in [-0.05, 0) is 58.1 Å². The number of nitrogens with zero attached hydrogens (tertiary/aromatic N) is 1. The van der Waals surface area contributed by atoms with Crippen molar-refractivity contribution in [3.8, 4) is 5.75 Å². The summed E-state index contributed by atoms with van der Waals surface area (Å²) < 4.78 is 18.2. The average Bonchev–Trinajstić information content (AvgIpc) is 3.25. The van der Waals surface area contributed by atoms with Crippen LogP contribution in [0.5, 0.6) is 5.75 Å². The molecule has 2 aliphatic rings. The van der Waals surface area contributed by atoms with Gasteiger partial charge in [-0.15, -0.1) is 0 Å². The van der Waals surface area contributed by atoms with E-state index in [9.17, 15) is 4.79 Å². The van der Waals surface area contributed by atoms with Gasteiger partial charge in [0, 0.05) is 14.1 Å². The van der Waals surface area contributed by atoms with Crippen molar-refractivity contribution in [3.63, 3.8) is 0 Å². The van der Waals surface area contributed by atoms with E-state index in [1.807, 2.05) is 39.8 Å². The molecule has 0 unspecified atom stereocenters. The van der Waals surface area contributed by atoms with Gasteiger partial charge in [-0.25, -0.2) is 0 Å². The highest BCUT2D eigenvalue weighted by Gasteiger charge is 2.51. The van der Waals surface area contributed by atoms with E-state index in [2.05, 4.69) is 0 Å². The highest BCUT2D eigenvalue weighted by atomic mass is 16.7. The first-order valence-corrected chi connectivity index (χ1v) is 8.48. The second kappa shape index (κ2) is 5.78. The molecule has 1 heterocycles. The number of carbonyl (C=O) groups excluding carboxylic acids is 1. The van der Waals surface area contributed by atoms with E-state index >= 15 is 0 Å². The first-order chi connectivity index (χ1) is 11.1. The van der Waals surface area contributed by atoms with Gasteiger partial charge in [0.2, 0.25) is 0 Å². The Labute approximate surface area is 144 Å². The minimum absolute atomic E-state index is 0.0638. The maximum atomic E-state index is 12.4. The Morgan fingerprint density at radius 3 is 2.25 bits per heavy atom. The summed E-state index contributed by atoms with van der Waals surface area (Å²) >= 11 is 0. The number of ether oxygens (including phenoxy) is 1. The zero-order valence-electron chi connectivity index (χ0n) is 15.4. The second-order valence-electron chi connectivity index (χ2n) is 7.86. The van der Waals surface area contributed by atoms with Crippen LogP contribution < -0.4 is 10.2 Å². The SMILES string of the molecule is CN(C)C(=O)c1ccc(B2OC(C)(C)C(C)(C)O2)cc1OC1CC1. The molecule has 0 spiro atoms. The minimum Gasteiger partial charge on any atom is -0.490 e. The lowest BCUT2D eigenvalue weighted by atomic mass is 9.78. The van der Waals surface area contributed by atoms with Crippen molar-refractivity contribution >= 4 is 18.5 Å². The number of amides is 1. The van der Waals surface area contributed by atoms with Crippen LogP contribution in [0.1, 0.15) is 50.9 Å². The van der Waals surface area contributed by atoms with Crippen LogP contribution >= 0.6 is 0 Å². The Hall–Kier alpha value is -1.53. The molecule has 1 aromatic carbocycles. The Kier molecular flexibility index (Phi) is 4.17. The molecular weight excluding hydrogens is 305 g/mol. The molecule has 0 radical (unpaired) electrons. The average molecular weight is 331 g/mol. The molecule has 0 atom stereocenters. The third kappa shape index (κ3) is 3.17. The van der Waals surface area contributed by atoms with Gasteiger partial charge < -0.3 is 18.9 Å². The summed E-state index contributed by atoms with van der Waals surface area (Å²) in [5.41, 5.74) is 0.660. The smallest absolute Gasteiger partial charge is 0.490 e. The van der Waals surface area contributed by atoms with Crippen LogP contribution in [-0.2, 0) is 9.31 Å². The summed E-state index contributed by atoms with van der Waals surface area (Å²) in [6, 6.07) is 5.58. The Morgan fingerprint density at radius 2 is 1.75 bits per heavy atom. The number of carbonyl (C=O) groups is 1. The first-order valence-electron chi connectivity index (χ1n) is 8.48. The van der Waals surface area contributed by atoms with Crippen LogP contribution in [0.3, 0.4) is 0 Å². The fourth-order valence-electron chi connectivity index (χ4n) is 2.55. The summed E-state index contributed by atoms with van der Waals surface area (Å²) in [7, 11) is 3.02. The van der Waals surface area contributed by atoms with E-state index < -0.39 is 18.3 Å². The normalized spacial score (nSPS) is 21.7. The zero-order valence-corrected chi connectivity index (χ0v) is 15.4. The van der Waals surface area contributed by atoms with E-state index in [1.54, 1.807) is 25.1 Å². The highest BCUT2D eigenvalue weighted by molar-refractivity contribution is 6.62. The predicted molar refractivity (Wildman–Crippen MR) is 93.8 cm³/mol. The highest BCUT2D eigenvalue weighted by Crippen LogP contribution is 2.37. The predicted octanol–water partition coefficient (Wildman–Crippen LogP) is 2.23. The minimum atomic E-state index is -0.458. The second-order valence-corrected chi connectivity index (χ2v) is 7.86. The van der Waals surface area contributed by atoms with Crippen molar-refractivity contribution in [1.82, 2.24) is 4.90 Å². The van der Waals surface area contributed by atoms with Crippen molar-refractivity contribution in [3.05, 3.63) is 23.8 Å². The van der Waals surface area contributed by atoms with Gasteiger partial charge in [0.25, 0.3) is 5.91 Å². The molecule has 1 aliphatic carbocycles. The van der Waals surface area contributed by atoms with Gasteiger partial charge >= 0.3 is 7.12 Å². The molecule has 2 fully saturated rings. The van der Waals surface area contributed by atoms with Gasteiger partial charge in [0.15, 0.2) is 0 Å². The molecule has 5 nitrogen and oxygen atoms in total. The molecule has 0 bridgehead atoms. The lowest BCUT2D eigenvalue weighted by Gasteiger charge is -2.32. The zero-order chi connectivity index (χ0) is 17.7. The molecule has 3 rings (SSSR count). The van der Waals surface area contributed by atoms with Crippen LogP contribution in [0.2, 0.25) is 0 Å². The number of benzene rings is 1. The van der Waals surface area contributed by atoms with Crippen LogP contribution in [0.4, 0.5) is 0 Å². The molecule has 1 saturated heterocycles. The summed E-state index contributed by atoms with van der Waals surface area (Å²) in [6.45, 7) is 8.11. The topological polar surface area (TPSA) is 48.0 Å². The number of rotatable bonds is 4. The quantitative estimate of drug-likeness (QED) is 0.794. The lowest BCUT2D eigenvalue weighted by Crippen LogP contribution is -2.41. The summed E-state index contributed by atoms with van der Waals surface area (Å²) in [4.78, 5) is 13.9. The third-order valence-electron chi connectivity index (χ3n) is 4.99. The summed E-state index contributed by atoms with van der Waals surface area (Å²) in [5, 5.41) is 0. The standard InChI is InChI=1S/C18H26BNO4/c1-17(2)18(3,4)24-19(23-17)12-7-10-14(16(21)20(5)6)15(11-12)22-13-8-9-13/h7,10-11,13H,8-9H2,1-6H3. The largest absolute Gasteiger partial charge is 0.494 e. The molecule has 6 heteroatoms. The van der Waals surface area contributed by atoms with E-state index in [4.69, 9.17) is 14.0 Å². The van der Waals surface area contributed by atoms with Crippen LogP contribution in [0, 0.1) is 0 Å². The van der Waals surface area contributed by atoms with E-state index in [-0.39, 0.29) is 12.0 Å². The Morgan fingerprint density at radius 1 is 1.17 bits per heavy atom. The Bertz CT molecular complexity index is 636. The van der Waals surface area contributed by atoms with E-state index in [0.717, 1.165) is 18.3 Å². The molecule has 130 valence electrons. The van der Waals surface area contributed by atoms with Crippen LogP contribution in [0.15, 0.2) is 18.2 Å². The van der Waals surface area contributed by atoms with Crippen molar-refractivity contribution in [2.45, 2.75) is 57.8 Å². The van der Waals surface area contributed by atoms with Gasteiger partial charge in [-0.2, -0.15) is 0 Å². The van der Waals surface area contributed by atoms with Crippen molar-refractivity contribution in [1.29, 1.82) is 0 Å². The monoisotopic (exact) mass is 331 g/mol. The molecule has 1 aromatic rings. The van der Waals surface area contributed by atoms with Crippen LogP contribution in [-0.4, -0.2) is 49.3 Å². The fourth-order valence-corrected chi connectivity index (χ4v) is 2.55. The molecule has 0 aromatic heterocycles. The molecule has 1 aliphatic heterocycles. The summed E-state index contributed by atoms with van der Waals surface area (Å²) in [5.74, 6) is 0.550. The van der Waals surface area contributed by atoms with Crippen molar-refractivity contribution < 1.29 is 18.8 Å². The fraction of sp³-hybridized carbons (Fsp3) is 0.611. The first kappa shape index (κ1) is 17.3. The maximum Gasteiger partial charge on any atom is 0.494 e. The molecule has 0 N–H and O–H groups in total. The Balaban J connectivity index is 1.91. The molecule has 1 saturated carbocycles. The lowest BCUT2D eigenvalue weighted by molar-refractivity contribution is 0.00578. The molecule has 1 amide bonds. The van der Waals surface area contributed by atoms with Gasteiger partial charge in [-0.1, -0.05) is 6.07 Å². The van der Waals surface area contributed by atoms with Gasteiger partial charge in [-0.3, -0.25) is 4.79 Å². The van der Waals surface area contributed by atoms with Crippen LogP contribution in [0.25, 0.3) is 0 Å². The van der Waals surface area contributed by atoms with E-state index in [1.165, 1.54) is 0 Å². The van der Waals surface area contributed by atoms with Crippen molar-refractivity contribution in [2.24, 2.45) is 0 Å². The third-order valence-corrected chi connectivity index (χ3v) is 4.99. The maximum absolute atomic E-state index is 12.4. The van der Waals surface area contributed by atoms with E-state index in [0.29, 0.717) is 11.3 Å². The van der Waals surface area contributed by atoms with Gasteiger partial charge in [0.05, 0.1) is 22.9 Å². The van der Waals surface area contributed by atoms with Gasteiger partial charge in [0.1, 0.15) is 5.75 Å². The number of hydrogen-bond acceptors (Lipinski definition) is 4. The van der Waals surface area contributed by atoms with Crippen molar-refractivity contribution in [2.75, 3.05) is 14.1 Å². The number of hydrogen-bond donors (Lipinski definition) is 0.